The van der Waals surface area contributed by atoms with Gasteiger partial charge in [-0.1, -0.05) is 0 Å². The van der Waals surface area contributed by atoms with Crippen molar-refractivity contribution in [2.24, 2.45) is 0 Å². The number of hydrogen-bond acceptors (Lipinski definition) is 6. The Hall–Kier alpha value is -1.75. The third-order valence-corrected chi connectivity index (χ3v) is 7.98. The quantitative estimate of drug-likeness (QED) is 0.816. The first-order chi connectivity index (χ1) is 12.5. The average molecular weight is 378 g/mol. The summed E-state index contributed by atoms with van der Waals surface area (Å²) < 4.78 is 34.6. The molecular formula is C16H22N6O3S. The Kier molecular flexibility index (Phi) is 3.55. The molecule has 0 atom stereocenters. The highest BCUT2D eigenvalue weighted by atomic mass is 32.2. The van der Waals surface area contributed by atoms with Crippen LogP contribution in [-0.2, 0) is 14.9 Å². The van der Waals surface area contributed by atoms with E-state index in [0.29, 0.717) is 32.8 Å². The minimum Gasteiger partial charge on any atom is -0.378 e. The van der Waals surface area contributed by atoms with Crippen LogP contribution in [0, 0.1) is 0 Å². The van der Waals surface area contributed by atoms with Gasteiger partial charge in [0.2, 0.25) is 0 Å². The van der Waals surface area contributed by atoms with Crippen LogP contribution >= 0.6 is 0 Å². The standard InChI is InChI=1S/C16H22N6O3S/c1-20(12-8-25-9-12)26(23,24)22-7-6-21(10-16(22)3-4-16)15-13-2-5-17-14(13)18-11-19-15/h2,5,11-12H,3-4,6-10H2,1H3,(H,17,18,19). The Balaban J connectivity index is 1.42. The maximum Gasteiger partial charge on any atom is 0.282 e. The van der Waals surface area contributed by atoms with Gasteiger partial charge in [0.1, 0.15) is 17.8 Å². The summed E-state index contributed by atoms with van der Waals surface area (Å²) >= 11 is 0. The number of nitrogens with one attached hydrogen (secondary N) is 1. The van der Waals surface area contributed by atoms with Crippen molar-refractivity contribution >= 4 is 27.1 Å². The molecule has 5 rings (SSSR count). The molecule has 1 aliphatic carbocycles. The van der Waals surface area contributed by atoms with Crippen molar-refractivity contribution in [3.8, 4) is 0 Å². The van der Waals surface area contributed by atoms with Crippen LogP contribution in [0.1, 0.15) is 12.8 Å². The molecule has 9 nitrogen and oxygen atoms in total. The van der Waals surface area contributed by atoms with Crippen molar-refractivity contribution < 1.29 is 13.2 Å². The molecular weight excluding hydrogens is 356 g/mol. The summed E-state index contributed by atoms with van der Waals surface area (Å²) in [4.78, 5) is 14.0. The van der Waals surface area contributed by atoms with E-state index in [2.05, 4.69) is 19.9 Å². The highest BCUT2D eigenvalue weighted by Crippen LogP contribution is 2.47. The summed E-state index contributed by atoms with van der Waals surface area (Å²) in [6, 6.07) is 1.92. The van der Waals surface area contributed by atoms with E-state index in [4.69, 9.17) is 4.74 Å². The Labute approximate surface area is 152 Å². The molecule has 2 saturated heterocycles. The Morgan fingerprint density at radius 2 is 2.12 bits per heavy atom. The van der Waals surface area contributed by atoms with Crippen molar-refractivity contribution in [3.05, 3.63) is 18.6 Å². The van der Waals surface area contributed by atoms with Gasteiger partial charge >= 0.3 is 0 Å². The molecule has 0 unspecified atom stereocenters. The minimum absolute atomic E-state index is 0.0461. The summed E-state index contributed by atoms with van der Waals surface area (Å²) in [5.41, 5.74) is 0.489. The van der Waals surface area contributed by atoms with E-state index in [-0.39, 0.29) is 11.6 Å². The molecule has 3 aliphatic rings. The summed E-state index contributed by atoms with van der Waals surface area (Å²) in [5.74, 6) is 0.875. The van der Waals surface area contributed by atoms with E-state index < -0.39 is 10.2 Å². The van der Waals surface area contributed by atoms with Crippen molar-refractivity contribution in [1.29, 1.82) is 0 Å². The van der Waals surface area contributed by atoms with Gasteiger partial charge in [0, 0.05) is 32.9 Å². The van der Waals surface area contributed by atoms with Gasteiger partial charge in [-0.25, -0.2) is 9.97 Å². The molecule has 0 bridgehead atoms. The van der Waals surface area contributed by atoms with Crippen LogP contribution < -0.4 is 4.90 Å². The van der Waals surface area contributed by atoms with Crippen LogP contribution in [0.5, 0.6) is 0 Å². The number of anilines is 1. The largest absolute Gasteiger partial charge is 0.378 e. The fourth-order valence-corrected chi connectivity index (χ4v) is 5.79. The zero-order valence-electron chi connectivity index (χ0n) is 14.6. The van der Waals surface area contributed by atoms with Gasteiger partial charge in [-0.3, -0.25) is 0 Å². The number of aromatic amines is 1. The van der Waals surface area contributed by atoms with Gasteiger partial charge in [0.15, 0.2) is 0 Å². The first-order valence-electron chi connectivity index (χ1n) is 8.88. The summed E-state index contributed by atoms with van der Waals surface area (Å²) in [7, 11) is -1.82. The van der Waals surface area contributed by atoms with E-state index in [9.17, 15) is 8.42 Å². The molecule has 0 radical (unpaired) electrons. The Bertz CT molecular complexity index is 936. The summed E-state index contributed by atoms with van der Waals surface area (Å²) in [6.07, 6.45) is 5.19. The smallest absolute Gasteiger partial charge is 0.282 e. The third kappa shape index (κ3) is 2.36. The zero-order chi connectivity index (χ0) is 17.9. The Morgan fingerprint density at radius 3 is 2.81 bits per heavy atom. The molecule has 2 aliphatic heterocycles. The first-order valence-corrected chi connectivity index (χ1v) is 10.3. The number of rotatable bonds is 4. The van der Waals surface area contributed by atoms with Crippen LogP contribution in [0.15, 0.2) is 18.6 Å². The number of aromatic nitrogens is 3. The predicted octanol–water partition coefficient (Wildman–Crippen LogP) is 0.188. The van der Waals surface area contributed by atoms with Gasteiger partial charge in [0.25, 0.3) is 10.2 Å². The number of hydrogen-bond donors (Lipinski definition) is 1. The van der Waals surface area contributed by atoms with E-state index in [1.54, 1.807) is 17.7 Å². The lowest BCUT2D eigenvalue weighted by atomic mass is 10.2. The molecule has 1 saturated carbocycles. The van der Waals surface area contributed by atoms with Crippen LogP contribution in [0.2, 0.25) is 0 Å². The highest BCUT2D eigenvalue weighted by Gasteiger charge is 2.57. The summed E-state index contributed by atoms with van der Waals surface area (Å²) in [5, 5.41) is 0.975. The number of piperazine rings is 1. The van der Waals surface area contributed by atoms with Crippen LogP contribution in [0.3, 0.4) is 0 Å². The van der Waals surface area contributed by atoms with Crippen LogP contribution in [-0.4, -0.2) is 83.5 Å². The minimum atomic E-state index is -3.48. The van der Waals surface area contributed by atoms with Gasteiger partial charge in [-0.15, -0.1) is 0 Å². The maximum atomic E-state index is 13.1. The number of ether oxygens (including phenoxy) is 1. The zero-order valence-corrected chi connectivity index (χ0v) is 15.4. The molecule has 1 spiro atoms. The van der Waals surface area contributed by atoms with E-state index in [1.165, 1.54) is 4.31 Å². The first kappa shape index (κ1) is 16.4. The van der Waals surface area contributed by atoms with Gasteiger partial charge in [0.05, 0.1) is 30.2 Å². The monoisotopic (exact) mass is 378 g/mol. The highest BCUT2D eigenvalue weighted by molar-refractivity contribution is 7.86. The second kappa shape index (κ2) is 5.62. The SMILES string of the molecule is CN(C1COC1)S(=O)(=O)N1CCN(c2ncnc3[nH]ccc23)CC12CC2. The third-order valence-electron chi connectivity index (χ3n) is 5.82. The van der Waals surface area contributed by atoms with Crippen molar-refractivity contribution in [2.75, 3.05) is 44.8 Å². The molecule has 3 fully saturated rings. The molecule has 140 valence electrons. The van der Waals surface area contributed by atoms with Crippen molar-refractivity contribution in [2.45, 2.75) is 24.4 Å². The maximum absolute atomic E-state index is 13.1. The predicted molar refractivity (Wildman–Crippen MR) is 96.1 cm³/mol. The molecule has 2 aromatic heterocycles. The fourth-order valence-electron chi connectivity index (χ4n) is 3.94. The fraction of sp³-hybridized carbons (Fsp3) is 0.625. The van der Waals surface area contributed by atoms with Crippen LogP contribution in [0.25, 0.3) is 11.0 Å². The van der Waals surface area contributed by atoms with Crippen LogP contribution in [0.4, 0.5) is 5.82 Å². The number of fused-ring (bicyclic) bond motifs is 1. The molecule has 0 aromatic carbocycles. The molecule has 26 heavy (non-hydrogen) atoms. The number of nitrogens with zero attached hydrogens (tertiary/aromatic N) is 5. The van der Waals surface area contributed by atoms with E-state index >= 15 is 0 Å². The topological polar surface area (TPSA) is 94.7 Å². The van der Waals surface area contributed by atoms with E-state index in [0.717, 1.165) is 29.7 Å². The number of H-pyrrole nitrogens is 1. The van der Waals surface area contributed by atoms with Crippen molar-refractivity contribution in [1.82, 2.24) is 23.6 Å². The van der Waals surface area contributed by atoms with Gasteiger partial charge < -0.3 is 14.6 Å². The molecule has 10 heteroatoms. The molecule has 0 amide bonds. The lowest BCUT2D eigenvalue weighted by Gasteiger charge is -2.45. The van der Waals surface area contributed by atoms with E-state index in [1.807, 2.05) is 12.3 Å². The second-order valence-electron chi connectivity index (χ2n) is 7.37. The normalized spacial score (nSPS) is 23.7. The van der Waals surface area contributed by atoms with Crippen molar-refractivity contribution in [3.63, 3.8) is 0 Å². The molecule has 2 aromatic rings. The lowest BCUT2D eigenvalue weighted by Crippen LogP contribution is -2.62. The van der Waals surface area contributed by atoms with Gasteiger partial charge in [-0.05, 0) is 18.9 Å². The number of likely N-dealkylation sites (N-methyl/N-ethyl adjacent to an activating group) is 1. The molecule has 4 heterocycles. The molecule has 1 N–H and O–H groups in total. The lowest BCUT2D eigenvalue weighted by molar-refractivity contribution is -0.0326. The Morgan fingerprint density at radius 1 is 1.31 bits per heavy atom. The average Bonchev–Trinajstić information content (AvgIpc) is 3.16. The second-order valence-corrected chi connectivity index (χ2v) is 9.28. The summed E-state index contributed by atoms with van der Waals surface area (Å²) in [6.45, 7) is 2.71. The van der Waals surface area contributed by atoms with Gasteiger partial charge in [-0.2, -0.15) is 17.0 Å².